The van der Waals surface area contributed by atoms with E-state index < -0.39 is 5.82 Å². The summed E-state index contributed by atoms with van der Waals surface area (Å²) in [7, 11) is 3.61. The summed E-state index contributed by atoms with van der Waals surface area (Å²) < 4.78 is 25.0. The topological polar surface area (TPSA) is 50.5 Å². The van der Waals surface area contributed by atoms with Crippen LogP contribution in [0.15, 0.2) is 22.6 Å². The zero-order valence-corrected chi connectivity index (χ0v) is 17.6. The number of halogens is 3. The van der Waals surface area contributed by atoms with Gasteiger partial charge in [-0.25, -0.2) is 9.37 Å². The summed E-state index contributed by atoms with van der Waals surface area (Å²) >= 11 is 0. The van der Waals surface area contributed by atoms with Crippen molar-refractivity contribution in [2.45, 2.75) is 26.3 Å². The molecule has 3 rings (SSSR count). The Balaban J connectivity index is 0.00000182. The standard InChI is InChI=1S/C19H26FN3O2.2ClH/c1-13-18(12-23(2)11-14-5-4-8-21-10-14)22-19(25-13)16-7-6-15(24-3)9-17(16)20;;/h6-7,9,14,21H,4-5,8,10-12H2,1-3H3;2*1H. The summed E-state index contributed by atoms with van der Waals surface area (Å²) in [5.74, 6) is 1.81. The smallest absolute Gasteiger partial charge is 0.229 e. The highest BCUT2D eigenvalue weighted by atomic mass is 35.5. The number of piperidine rings is 1. The predicted octanol–water partition coefficient (Wildman–Crippen LogP) is 4.07. The molecule has 1 aliphatic heterocycles. The van der Waals surface area contributed by atoms with Gasteiger partial charge in [-0.2, -0.15) is 0 Å². The van der Waals surface area contributed by atoms with Gasteiger partial charge in [0.1, 0.15) is 17.3 Å². The number of ether oxygens (including phenoxy) is 1. The number of benzene rings is 1. The summed E-state index contributed by atoms with van der Waals surface area (Å²) in [4.78, 5) is 6.79. The molecule has 0 saturated carbocycles. The quantitative estimate of drug-likeness (QED) is 0.764. The Labute approximate surface area is 172 Å². The lowest BCUT2D eigenvalue weighted by Crippen LogP contribution is -2.36. The maximum Gasteiger partial charge on any atom is 0.229 e. The molecule has 1 aromatic heterocycles. The number of hydrogen-bond acceptors (Lipinski definition) is 5. The lowest BCUT2D eigenvalue weighted by Gasteiger charge is -2.27. The van der Waals surface area contributed by atoms with Crippen molar-refractivity contribution in [3.8, 4) is 17.2 Å². The molecule has 1 atom stereocenters. The second-order valence-electron chi connectivity index (χ2n) is 6.78. The second-order valence-corrected chi connectivity index (χ2v) is 6.78. The molecule has 0 aliphatic carbocycles. The number of rotatable bonds is 6. The summed E-state index contributed by atoms with van der Waals surface area (Å²) in [5, 5.41) is 3.44. The van der Waals surface area contributed by atoms with Crippen LogP contribution in [0.3, 0.4) is 0 Å². The third-order valence-electron chi connectivity index (χ3n) is 4.69. The molecule has 5 nitrogen and oxygen atoms in total. The monoisotopic (exact) mass is 419 g/mol. The van der Waals surface area contributed by atoms with E-state index in [1.807, 2.05) is 6.92 Å². The Kier molecular flexibility index (Phi) is 9.53. The van der Waals surface area contributed by atoms with Gasteiger partial charge in [-0.05, 0) is 58.0 Å². The van der Waals surface area contributed by atoms with Gasteiger partial charge in [0.2, 0.25) is 5.89 Å². The van der Waals surface area contributed by atoms with E-state index >= 15 is 0 Å². The number of hydrogen-bond donors (Lipinski definition) is 1. The molecule has 2 heterocycles. The van der Waals surface area contributed by atoms with Crippen molar-refractivity contribution in [3.63, 3.8) is 0 Å². The molecule has 1 aliphatic rings. The maximum atomic E-state index is 14.2. The van der Waals surface area contributed by atoms with Crippen LogP contribution in [0.2, 0.25) is 0 Å². The molecule has 1 fully saturated rings. The average Bonchev–Trinajstić information content (AvgIpc) is 2.95. The van der Waals surface area contributed by atoms with E-state index in [4.69, 9.17) is 9.15 Å². The molecule has 0 spiro atoms. The fourth-order valence-electron chi connectivity index (χ4n) is 3.33. The molecule has 0 bridgehead atoms. The van der Waals surface area contributed by atoms with Crippen LogP contribution in [0.5, 0.6) is 5.75 Å². The van der Waals surface area contributed by atoms with E-state index in [1.165, 1.54) is 26.0 Å². The zero-order valence-electron chi connectivity index (χ0n) is 16.0. The predicted molar refractivity (Wildman–Crippen MR) is 110 cm³/mol. The van der Waals surface area contributed by atoms with Crippen LogP contribution in [-0.4, -0.2) is 43.7 Å². The van der Waals surface area contributed by atoms with Crippen LogP contribution in [-0.2, 0) is 6.54 Å². The van der Waals surface area contributed by atoms with E-state index in [9.17, 15) is 4.39 Å². The molecular weight excluding hydrogens is 392 g/mol. The minimum absolute atomic E-state index is 0. The highest BCUT2D eigenvalue weighted by Crippen LogP contribution is 2.27. The average molecular weight is 420 g/mol. The lowest BCUT2D eigenvalue weighted by atomic mass is 9.99. The van der Waals surface area contributed by atoms with Crippen molar-refractivity contribution < 1.29 is 13.5 Å². The third kappa shape index (κ3) is 6.07. The number of aromatic nitrogens is 1. The van der Waals surface area contributed by atoms with Crippen molar-refractivity contribution in [1.82, 2.24) is 15.2 Å². The highest BCUT2D eigenvalue weighted by molar-refractivity contribution is 5.85. The first kappa shape index (κ1) is 23.7. The number of oxazole rings is 1. The van der Waals surface area contributed by atoms with Gasteiger partial charge in [-0.1, -0.05) is 0 Å². The van der Waals surface area contributed by atoms with E-state index in [2.05, 4.69) is 22.2 Å². The summed E-state index contributed by atoms with van der Waals surface area (Å²) in [6, 6.07) is 4.69. The van der Waals surface area contributed by atoms with Gasteiger partial charge in [0.05, 0.1) is 18.4 Å². The first-order chi connectivity index (χ1) is 12.1. The van der Waals surface area contributed by atoms with E-state index in [1.54, 1.807) is 12.1 Å². The van der Waals surface area contributed by atoms with Crippen molar-refractivity contribution in [1.29, 1.82) is 0 Å². The molecule has 27 heavy (non-hydrogen) atoms. The van der Waals surface area contributed by atoms with Gasteiger partial charge >= 0.3 is 0 Å². The van der Waals surface area contributed by atoms with Gasteiger partial charge in [-0.15, -0.1) is 24.8 Å². The Morgan fingerprint density at radius 2 is 2.15 bits per heavy atom. The van der Waals surface area contributed by atoms with Crippen LogP contribution in [0, 0.1) is 18.7 Å². The zero-order chi connectivity index (χ0) is 17.8. The summed E-state index contributed by atoms with van der Waals surface area (Å²) in [6.45, 7) is 5.79. The molecule has 0 amide bonds. The van der Waals surface area contributed by atoms with Crippen molar-refractivity contribution in [2.24, 2.45) is 5.92 Å². The Hall–Kier alpha value is -1.34. The minimum Gasteiger partial charge on any atom is -0.497 e. The number of nitrogens with zero attached hydrogens (tertiary/aromatic N) is 2. The largest absolute Gasteiger partial charge is 0.497 e. The van der Waals surface area contributed by atoms with Crippen LogP contribution in [0.25, 0.3) is 11.5 Å². The SMILES string of the molecule is COc1ccc(-c2nc(CN(C)CC3CCCNC3)c(C)o2)c(F)c1.Cl.Cl. The Morgan fingerprint density at radius 1 is 1.37 bits per heavy atom. The number of nitrogens with one attached hydrogen (secondary N) is 1. The Morgan fingerprint density at radius 3 is 2.78 bits per heavy atom. The van der Waals surface area contributed by atoms with E-state index in [0.29, 0.717) is 29.7 Å². The van der Waals surface area contributed by atoms with Crippen molar-refractivity contribution in [3.05, 3.63) is 35.5 Å². The number of aryl methyl sites for hydroxylation is 1. The molecule has 1 saturated heterocycles. The summed E-state index contributed by atoms with van der Waals surface area (Å²) in [6.07, 6.45) is 2.50. The molecule has 152 valence electrons. The fourth-order valence-corrected chi connectivity index (χ4v) is 3.33. The molecule has 8 heteroatoms. The third-order valence-corrected chi connectivity index (χ3v) is 4.69. The van der Waals surface area contributed by atoms with E-state index in [-0.39, 0.29) is 24.8 Å². The van der Waals surface area contributed by atoms with Gasteiger partial charge in [0.25, 0.3) is 0 Å². The van der Waals surface area contributed by atoms with Crippen molar-refractivity contribution >= 4 is 24.8 Å². The molecule has 1 N–H and O–H groups in total. The van der Waals surface area contributed by atoms with Crippen molar-refractivity contribution in [2.75, 3.05) is 33.8 Å². The highest BCUT2D eigenvalue weighted by Gasteiger charge is 2.19. The van der Waals surface area contributed by atoms with Gasteiger partial charge in [0.15, 0.2) is 0 Å². The maximum absolute atomic E-state index is 14.2. The first-order valence-corrected chi connectivity index (χ1v) is 8.76. The van der Waals surface area contributed by atoms with Crippen LogP contribution in [0.1, 0.15) is 24.3 Å². The first-order valence-electron chi connectivity index (χ1n) is 8.76. The van der Waals surface area contributed by atoms with Crippen LogP contribution >= 0.6 is 24.8 Å². The molecular formula is C19H28Cl2FN3O2. The normalized spacial score (nSPS) is 16.6. The van der Waals surface area contributed by atoms with E-state index in [0.717, 1.165) is 31.1 Å². The minimum atomic E-state index is -0.395. The van der Waals surface area contributed by atoms with Gasteiger partial charge < -0.3 is 19.4 Å². The number of methoxy groups -OCH3 is 1. The lowest BCUT2D eigenvalue weighted by molar-refractivity contribution is 0.235. The second kappa shape index (κ2) is 10.9. The van der Waals surface area contributed by atoms with Gasteiger partial charge in [-0.3, -0.25) is 0 Å². The fraction of sp³-hybridized carbons (Fsp3) is 0.526. The molecule has 1 unspecified atom stereocenters. The van der Waals surface area contributed by atoms with Crippen LogP contribution in [0.4, 0.5) is 4.39 Å². The molecule has 1 aromatic carbocycles. The summed E-state index contributed by atoms with van der Waals surface area (Å²) in [5.41, 5.74) is 1.21. The molecule has 2 aromatic rings. The Bertz CT molecular complexity index is 721. The van der Waals surface area contributed by atoms with Gasteiger partial charge in [0, 0.05) is 19.2 Å². The molecule has 0 radical (unpaired) electrons. The van der Waals surface area contributed by atoms with Crippen LogP contribution < -0.4 is 10.1 Å².